The van der Waals surface area contributed by atoms with Gasteiger partial charge in [-0.3, -0.25) is 0 Å². The molecule has 0 radical (unpaired) electrons. The van der Waals surface area contributed by atoms with Gasteiger partial charge < -0.3 is 14.3 Å². The average Bonchev–Trinajstić information content (AvgIpc) is 2.66. The highest BCUT2D eigenvalue weighted by Gasteiger charge is 2.24. The summed E-state index contributed by atoms with van der Waals surface area (Å²) >= 11 is 5.94. The zero-order valence-corrected chi connectivity index (χ0v) is 10.9. The number of halogens is 1. The van der Waals surface area contributed by atoms with Gasteiger partial charge in [-0.2, -0.15) is 0 Å². The van der Waals surface area contributed by atoms with Gasteiger partial charge in [0.25, 0.3) is 5.76 Å². The molecule has 4 nitrogen and oxygen atoms in total. The predicted molar refractivity (Wildman–Crippen MR) is 71.0 cm³/mol. The molecule has 1 N–H and O–H groups in total. The van der Waals surface area contributed by atoms with E-state index in [1.165, 1.54) is 6.42 Å². The normalized spacial score (nSPS) is 15.4. The smallest absolute Gasteiger partial charge is 0.375 e. The molecular weight excluding hydrogens is 268 g/mol. The molecule has 2 aromatic rings. The number of furan rings is 1. The average molecular weight is 281 g/mol. The first kappa shape index (κ1) is 12.4. The number of aromatic carboxylic acids is 1. The van der Waals surface area contributed by atoms with Crippen LogP contribution in [-0.4, -0.2) is 17.7 Å². The predicted octanol–water partition coefficient (Wildman–Crippen LogP) is 3.96. The third-order valence-corrected chi connectivity index (χ3v) is 3.72. The summed E-state index contributed by atoms with van der Waals surface area (Å²) in [6.45, 7) is 0.529. The lowest BCUT2D eigenvalue weighted by Gasteiger charge is -2.24. The second-order valence-corrected chi connectivity index (χ2v) is 5.25. The summed E-state index contributed by atoms with van der Waals surface area (Å²) in [5, 5.41) is 10.3. The Kier molecular flexibility index (Phi) is 3.11. The Morgan fingerprint density at radius 2 is 2.26 bits per heavy atom. The quantitative estimate of drug-likeness (QED) is 0.921. The molecule has 1 saturated carbocycles. The SMILES string of the molecule is O=C(O)c1oc2ccc(Cl)cc2c1OCC1CCC1. The van der Waals surface area contributed by atoms with Crippen LogP contribution >= 0.6 is 11.6 Å². The van der Waals surface area contributed by atoms with Crippen molar-refractivity contribution in [1.82, 2.24) is 0 Å². The summed E-state index contributed by atoms with van der Waals surface area (Å²) in [4.78, 5) is 11.2. The molecule has 0 unspecified atom stereocenters. The molecule has 1 fully saturated rings. The van der Waals surface area contributed by atoms with E-state index in [0.717, 1.165) is 12.8 Å². The van der Waals surface area contributed by atoms with E-state index in [1.54, 1.807) is 18.2 Å². The van der Waals surface area contributed by atoms with Crippen LogP contribution in [0.2, 0.25) is 5.02 Å². The number of carbonyl (C=O) groups is 1. The molecule has 1 aromatic carbocycles. The van der Waals surface area contributed by atoms with Gasteiger partial charge in [0.2, 0.25) is 0 Å². The number of carboxylic acid groups (broad SMARTS) is 1. The van der Waals surface area contributed by atoms with Crippen LogP contribution in [0.25, 0.3) is 11.0 Å². The number of hydrogen-bond acceptors (Lipinski definition) is 3. The van der Waals surface area contributed by atoms with Gasteiger partial charge in [0.05, 0.1) is 12.0 Å². The first-order valence-corrected chi connectivity index (χ1v) is 6.61. The van der Waals surface area contributed by atoms with Gasteiger partial charge >= 0.3 is 5.97 Å². The van der Waals surface area contributed by atoms with E-state index in [1.807, 2.05) is 0 Å². The van der Waals surface area contributed by atoms with Crippen LogP contribution in [-0.2, 0) is 0 Å². The standard InChI is InChI=1S/C14H13ClO4/c15-9-4-5-11-10(6-9)12(13(19-11)14(16)17)18-7-8-2-1-3-8/h4-6,8H,1-3,7H2,(H,16,17). The Labute approximate surface area is 114 Å². The van der Waals surface area contributed by atoms with Crippen LogP contribution in [0.3, 0.4) is 0 Å². The highest BCUT2D eigenvalue weighted by molar-refractivity contribution is 6.31. The minimum Gasteiger partial charge on any atom is -0.488 e. The number of fused-ring (bicyclic) bond motifs is 1. The molecule has 5 heteroatoms. The van der Waals surface area contributed by atoms with Gasteiger partial charge in [-0.05, 0) is 37.0 Å². The van der Waals surface area contributed by atoms with Crippen molar-refractivity contribution in [2.45, 2.75) is 19.3 Å². The molecule has 19 heavy (non-hydrogen) atoms. The lowest BCUT2D eigenvalue weighted by Crippen LogP contribution is -2.19. The molecule has 0 amide bonds. The summed E-state index contributed by atoms with van der Waals surface area (Å²) in [7, 11) is 0. The minimum atomic E-state index is -1.13. The largest absolute Gasteiger partial charge is 0.488 e. The van der Waals surface area contributed by atoms with Crippen LogP contribution < -0.4 is 4.74 Å². The molecular formula is C14H13ClO4. The number of hydrogen-bond donors (Lipinski definition) is 1. The second kappa shape index (κ2) is 4.78. The van der Waals surface area contributed by atoms with Crippen molar-refractivity contribution < 1.29 is 19.1 Å². The number of carboxylic acids is 1. The summed E-state index contributed by atoms with van der Waals surface area (Å²) < 4.78 is 11.0. The van der Waals surface area contributed by atoms with Crippen molar-refractivity contribution in [1.29, 1.82) is 0 Å². The Bertz CT molecular complexity index is 628. The highest BCUT2D eigenvalue weighted by Crippen LogP contribution is 2.36. The molecule has 0 saturated heterocycles. The zero-order chi connectivity index (χ0) is 13.4. The molecule has 0 atom stereocenters. The third-order valence-electron chi connectivity index (χ3n) is 3.49. The Morgan fingerprint density at radius 3 is 2.89 bits per heavy atom. The van der Waals surface area contributed by atoms with E-state index in [-0.39, 0.29) is 11.5 Å². The lowest BCUT2D eigenvalue weighted by molar-refractivity contribution is 0.0655. The van der Waals surface area contributed by atoms with Gasteiger partial charge in [0, 0.05) is 5.02 Å². The van der Waals surface area contributed by atoms with Crippen LogP contribution in [0.4, 0.5) is 0 Å². The molecule has 1 aliphatic rings. The van der Waals surface area contributed by atoms with Crippen molar-refractivity contribution in [3.8, 4) is 5.75 Å². The molecule has 1 aliphatic carbocycles. The van der Waals surface area contributed by atoms with E-state index in [0.29, 0.717) is 28.5 Å². The maximum absolute atomic E-state index is 11.2. The van der Waals surface area contributed by atoms with Crippen molar-refractivity contribution in [2.75, 3.05) is 6.61 Å². The molecule has 0 aliphatic heterocycles. The van der Waals surface area contributed by atoms with E-state index >= 15 is 0 Å². The van der Waals surface area contributed by atoms with Gasteiger partial charge in [-0.1, -0.05) is 18.0 Å². The Balaban J connectivity index is 1.99. The Morgan fingerprint density at radius 1 is 1.47 bits per heavy atom. The summed E-state index contributed by atoms with van der Waals surface area (Å²) in [5.74, 6) is -0.477. The fourth-order valence-electron chi connectivity index (χ4n) is 2.19. The topological polar surface area (TPSA) is 59.7 Å². The van der Waals surface area contributed by atoms with Crippen LogP contribution in [0.5, 0.6) is 5.75 Å². The number of rotatable bonds is 4. The zero-order valence-electron chi connectivity index (χ0n) is 10.2. The third kappa shape index (κ3) is 2.28. The molecule has 0 bridgehead atoms. The van der Waals surface area contributed by atoms with Crippen molar-refractivity contribution >= 4 is 28.5 Å². The van der Waals surface area contributed by atoms with Gasteiger partial charge in [-0.15, -0.1) is 0 Å². The van der Waals surface area contributed by atoms with Crippen molar-refractivity contribution in [3.05, 3.63) is 29.0 Å². The van der Waals surface area contributed by atoms with E-state index < -0.39 is 5.97 Å². The second-order valence-electron chi connectivity index (χ2n) is 4.81. The first-order valence-electron chi connectivity index (χ1n) is 6.23. The molecule has 1 heterocycles. The summed E-state index contributed by atoms with van der Waals surface area (Å²) in [5.41, 5.74) is 0.477. The molecule has 0 spiro atoms. The van der Waals surface area contributed by atoms with Gasteiger partial charge in [0.1, 0.15) is 5.58 Å². The molecule has 100 valence electrons. The van der Waals surface area contributed by atoms with Crippen molar-refractivity contribution in [2.24, 2.45) is 5.92 Å². The van der Waals surface area contributed by atoms with Gasteiger partial charge in [0.15, 0.2) is 5.75 Å². The van der Waals surface area contributed by atoms with Crippen molar-refractivity contribution in [3.63, 3.8) is 0 Å². The molecule has 1 aromatic heterocycles. The van der Waals surface area contributed by atoms with Crippen LogP contribution in [0.15, 0.2) is 22.6 Å². The lowest BCUT2D eigenvalue weighted by atomic mass is 9.86. The minimum absolute atomic E-state index is 0.156. The highest BCUT2D eigenvalue weighted by atomic mass is 35.5. The fourth-order valence-corrected chi connectivity index (χ4v) is 2.36. The Hall–Kier alpha value is -1.68. The van der Waals surface area contributed by atoms with Gasteiger partial charge in [-0.25, -0.2) is 4.79 Å². The van der Waals surface area contributed by atoms with Crippen LogP contribution in [0.1, 0.15) is 29.8 Å². The van der Waals surface area contributed by atoms with E-state index in [9.17, 15) is 4.79 Å². The number of benzene rings is 1. The van der Waals surface area contributed by atoms with Crippen LogP contribution in [0, 0.1) is 5.92 Å². The maximum atomic E-state index is 11.2. The molecule has 3 rings (SSSR count). The monoisotopic (exact) mass is 280 g/mol. The number of ether oxygens (including phenoxy) is 1. The summed E-state index contributed by atoms with van der Waals surface area (Å²) in [6, 6.07) is 4.98. The fraction of sp³-hybridized carbons (Fsp3) is 0.357. The summed E-state index contributed by atoms with van der Waals surface area (Å²) in [6.07, 6.45) is 3.50. The van der Waals surface area contributed by atoms with E-state index in [4.69, 9.17) is 25.9 Å². The first-order chi connectivity index (χ1) is 9.15. The van der Waals surface area contributed by atoms with E-state index in [2.05, 4.69) is 0 Å². The maximum Gasteiger partial charge on any atom is 0.375 e.